The summed E-state index contributed by atoms with van der Waals surface area (Å²) in [5, 5.41) is 11.1. The molecule has 2 aliphatic rings. The fourth-order valence-electron chi connectivity index (χ4n) is 12.4. The Morgan fingerprint density at radius 3 is 1.56 bits per heavy atom. The molecule has 0 bridgehead atoms. The van der Waals surface area contributed by atoms with Gasteiger partial charge in [0.1, 0.15) is 22.3 Å². The van der Waals surface area contributed by atoms with Gasteiger partial charge in [0.25, 0.3) is 0 Å². The van der Waals surface area contributed by atoms with Gasteiger partial charge in [-0.25, -0.2) is 0 Å². The number of aromatic nitrogens is 1. The van der Waals surface area contributed by atoms with E-state index in [1.54, 1.807) is 0 Å². The lowest BCUT2D eigenvalue weighted by Gasteiger charge is -2.27. The summed E-state index contributed by atoms with van der Waals surface area (Å²) in [6.07, 6.45) is 9.08. The number of allylic oxidation sites excluding steroid dienone is 2. The van der Waals surface area contributed by atoms with Crippen molar-refractivity contribution < 1.29 is 8.83 Å². The van der Waals surface area contributed by atoms with Crippen LogP contribution >= 0.6 is 0 Å². The monoisotopic (exact) mass is 928 g/mol. The highest BCUT2D eigenvalue weighted by Crippen LogP contribution is 2.48. The quantitative estimate of drug-likeness (QED) is 0.152. The summed E-state index contributed by atoms with van der Waals surface area (Å²) in [5.41, 5.74) is 15.3. The zero-order chi connectivity index (χ0) is 47.6. The van der Waals surface area contributed by atoms with Crippen molar-refractivity contribution in [2.75, 3.05) is 21.2 Å². The number of furan rings is 2. The smallest absolute Gasteiger partial charge is 0.143 e. The third kappa shape index (κ3) is 6.02. The molecule has 2 unspecified atom stereocenters. The molecule has 4 heterocycles. The minimum atomic E-state index is 0.332. The van der Waals surface area contributed by atoms with Crippen molar-refractivity contribution in [3.05, 3.63) is 224 Å². The molecule has 6 nitrogen and oxygen atoms in total. The van der Waals surface area contributed by atoms with Gasteiger partial charge in [-0.15, -0.1) is 0 Å². The summed E-state index contributed by atoms with van der Waals surface area (Å²) in [5.74, 6) is 0.332. The predicted molar refractivity (Wildman–Crippen MR) is 302 cm³/mol. The Morgan fingerprint density at radius 1 is 0.403 bits per heavy atom. The summed E-state index contributed by atoms with van der Waals surface area (Å²) in [6, 6.07) is 71.0. The normalized spacial score (nSPS) is 15.3. The van der Waals surface area contributed by atoms with Gasteiger partial charge in [0.05, 0.1) is 6.04 Å². The first-order valence-corrected chi connectivity index (χ1v) is 25.2. The SMILES string of the molecule is CCN1c2ccc(N(c3ccccc3)c3ccc4c(ccc5c6cc7oc8c9ccc(N(c%10ccccc%10)c%10ccc%11c(c%10)c%10ccccc%10n%11CC)cc9ccc8c7cc6oc45)c3)cc2C2C=CC=CC21. The molecule has 0 fully saturated rings. The first kappa shape index (κ1) is 40.8. The van der Waals surface area contributed by atoms with Gasteiger partial charge in [0.2, 0.25) is 0 Å². The fourth-order valence-corrected chi connectivity index (χ4v) is 12.4. The van der Waals surface area contributed by atoms with Crippen LogP contribution in [0.2, 0.25) is 0 Å². The molecule has 2 atom stereocenters. The van der Waals surface area contributed by atoms with Crippen LogP contribution in [0.15, 0.2) is 227 Å². The maximum atomic E-state index is 6.88. The first-order chi connectivity index (χ1) is 35.6. The van der Waals surface area contributed by atoms with Crippen molar-refractivity contribution in [1.82, 2.24) is 4.57 Å². The summed E-state index contributed by atoms with van der Waals surface area (Å²) in [7, 11) is 0. The van der Waals surface area contributed by atoms with Crippen LogP contribution < -0.4 is 14.7 Å². The largest absolute Gasteiger partial charge is 0.455 e. The summed E-state index contributed by atoms with van der Waals surface area (Å²) >= 11 is 0. The number of anilines is 7. The molecular weight excluding hydrogens is 881 g/mol. The Hall–Kier alpha value is -9.00. The van der Waals surface area contributed by atoms with Crippen LogP contribution in [0.5, 0.6) is 0 Å². The Morgan fingerprint density at radius 2 is 0.931 bits per heavy atom. The second-order valence-corrected chi connectivity index (χ2v) is 19.4. The van der Waals surface area contributed by atoms with Gasteiger partial charge in [-0.3, -0.25) is 0 Å². The van der Waals surface area contributed by atoms with E-state index in [0.29, 0.717) is 12.0 Å². The molecule has 1 aliphatic carbocycles. The standard InChI is InChI=1S/C66H48N4O2/c1-3-67-59-21-13-11-19-51(59)55-37-47(27-33-61(55)67)69(43-15-7-5-8-16-43)45-25-31-49-41(35-45)23-29-53-57-39-64-58(40-63(57)71-65(49)53)54-30-24-42-36-46(26-32-50(42)66(54)72-64)70(44-17-9-6-10-18-44)48-28-34-62-56(38-48)52-20-12-14-22-60(52)68(62)4-2/h5-40,51,59H,3-4H2,1-2H3. The zero-order valence-electron chi connectivity index (χ0n) is 40.0. The van der Waals surface area contributed by atoms with Crippen LogP contribution in [0.4, 0.5) is 39.8 Å². The zero-order valence-corrected chi connectivity index (χ0v) is 40.0. The Bertz CT molecular complexity index is 4410. The van der Waals surface area contributed by atoms with Gasteiger partial charge in [-0.05, 0) is 158 Å². The topological polar surface area (TPSA) is 40.9 Å². The van der Waals surface area contributed by atoms with Crippen molar-refractivity contribution >= 4 is 127 Å². The third-order valence-electron chi connectivity index (χ3n) is 15.6. The van der Waals surface area contributed by atoms with E-state index in [1.807, 2.05) is 0 Å². The van der Waals surface area contributed by atoms with Crippen LogP contribution in [-0.2, 0) is 6.54 Å². The second-order valence-electron chi connectivity index (χ2n) is 19.4. The highest BCUT2D eigenvalue weighted by atomic mass is 16.3. The Balaban J connectivity index is 0.807. The van der Waals surface area contributed by atoms with Crippen molar-refractivity contribution in [1.29, 1.82) is 0 Å². The number of rotatable bonds is 8. The number of hydrogen-bond donors (Lipinski definition) is 0. The summed E-state index contributed by atoms with van der Waals surface area (Å²) in [4.78, 5) is 7.26. The predicted octanol–water partition coefficient (Wildman–Crippen LogP) is 18.3. The van der Waals surface area contributed by atoms with Gasteiger partial charge in [0, 0.05) is 113 Å². The molecule has 13 aromatic rings. The summed E-state index contributed by atoms with van der Waals surface area (Å²) < 4.78 is 16.2. The van der Waals surface area contributed by atoms with Crippen molar-refractivity contribution in [3.63, 3.8) is 0 Å². The van der Waals surface area contributed by atoms with Gasteiger partial charge in [-0.2, -0.15) is 0 Å². The molecule has 0 saturated carbocycles. The molecular formula is C66H48N4O2. The molecule has 15 rings (SSSR count). The van der Waals surface area contributed by atoms with Crippen LogP contribution in [0, 0.1) is 0 Å². The maximum absolute atomic E-state index is 6.88. The van der Waals surface area contributed by atoms with E-state index >= 15 is 0 Å². The molecule has 0 amide bonds. The van der Waals surface area contributed by atoms with E-state index < -0.39 is 0 Å². The number of aryl methyl sites for hydroxylation is 1. The number of nitrogens with zero attached hydrogens (tertiary/aromatic N) is 4. The highest BCUT2D eigenvalue weighted by molar-refractivity contribution is 6.22. The lowest BCUT2D eigenvalue weighted by Crippen LogP contribution is -2.32. The number of likely N-dealkylation sites (N-methyl/N-ethyl adjacent to an activating group) is 1. The average molecular weight is 929 g/mol. The highest BCUT2D eigenvalue weighted by Gasteiger charge is 2.36. The van der Waals surface area contributed by atoms with Gasteiger partial charge in [0.15, 0.2) is 0 Å². The minimum Gasteiger partial charge on any atom is -0.455 e. The number of fused-ring (bicyclic) bond motifs is 16. The fraction of sp³-hybridized carbons (Fsp3) is 0.0909. The first-order valence-electron chi connectivity index (χ1n) is 25.2. The Kier molecular flexibility index (Phi) is 8.94. The van der Waals surface area contributed by atoms with E-state index in [1.165, 1.54) is 33.1 Å². The molecule has 344 valence electrons. The van der Waals surface area contributed by atoms with E-state index in [2.05, 4.69) is 252 Å². The molecule has 0 saturated heterocycles. The second kappa shape index (κ2) is 15.8. The average Bonchev–Trinajstić information content (AvgIpc) is 4.18. The van der Waals surface area contributed by atoms with E-state index in [9.17, 15) is 0 Å². The lowest BCUT2D eigenvalue weighted by atomic mass is 9.91. The van der Waals surface area contributed by atoms with Crippen molar-refractivity contribution in [2.45, 2.75) is 32.4 Å². The van der Waals surface area contributed by atoms with Crippen molar-refractivity contribution in [2.24, 2.45) is 0 Å². The number of hydrogen-bond acceptors (Lipinski definition) is 5. The maximum Gasteiger partial charge on any atom is 0.143 e. The molecule has 0 radical (unpaired) electrons. The van der Waals surface area contributed by atoms with Crippen molar-refractivity contribution in [3.8, 4) is 0 Å². The lowest BCUT2D eigenvalue weighted by molar-refractivity contribution is 0.667. The molecule has 0 N–H and O–H groups in total. The van der Waals surface area contributed by atoms with Crippen LogP contribution in [0.25, 0.3) is 87.2 Å². The Labute approximate surface area is 416 Å². The van der Waals surface area contributed by atoms with Gasteiger partial charge < -0.3 is 28.1 Å². The van der Waals surface area contributed by atoms with E-state index in [0.717, 1.165) is 113 Å². The number of benzene rings is 10. The molecule has 1 aliphatic heterocycles. The molecule has 6 heteroatoms. The van der Waals surface area contributed by atoms with Crippen LogP contribution in [0.3, 0.4) is 0 Å². The molecule has 72 heavy (non-hydrogen) atoms. The third-order valence-corrected chi connectivity index (χ3v) is 15.6. The van der Waals surface area contributed by atoms with E-state index in [-0.39, 0.29) is 0 Å². The molecule has 10 aromatic carbocycles. The molecule has 3 aromatic heterocycles. The van der Waals surface area contributed by atoms with Crippen LogP contribution in [-0.4, -0.2) is 17.2 Å². The van der Waals surface area contributed by atoms with Gasteiger partial charge >= 0.3 is 0 Å². The summed E-state index contributed by atoms with van der Waals surface area (Å²) in [6.45, 7) is 6.35. The van der Waals surface area contributed by atoms with E-state index in [4.69, 9.17) is 8.83 Å². The number of para-hydroxylation sites is 3. The minimum absolute atomic E-state index is 0.332. The van der Waals surface area contributed by atoms with Crippen LogP contribution in [0.1, 0.15) is 25.3 Å². The van der Waals surface area contributed by atoms with Gasteiger partial charge in [-0.1, -0.05) is 91.0 Å². The molecule has 0 spiro atoms.